The van der Waals surface area contributed by atoms with Crippen molar-refractivity contribution in [2.24, 2.45) is 5.84 Å². The van der Waals surface area contributed by atoms with Crippen LogP contribution in [0.4, 0.5) is 0 Å². The van der Waals surface area contributed by atoms with Crippen LogP contribution in [0.2, 0.25) is 0 Å². The SMILES string of the molecule is CC(CCC(=O)NN)N1CCOC(C#N)C1. The summed E-state index contributed by atoms with van der Waals surface area (Å²) in [6.45, 7) is 4.04. The minimum Gasteiger partial charge on any atom is -0.361 e. The average Bonchev–Trinajstić information content (AvgIpc) is 2.35. The van der Waals surface area contributed by atoms with Gasteiger partial charge in [0.25, 0.3) is 0 Å². The fraction of sp³-hybridized carbons (Fsp3) is 0.800. The van der Waals surface area contributed by atoms with Gasteiger partial charge >= 0.3 is 0 Å². The molecule has 90 valence electrons. The van der Waals surface area contributed by atoms with Crippen LogP contribution in [0, 0.1) is 11.3 Å². The molecule has 0 aromatic rings. The molecule has 1 rings (SSSR count). The Morgan fingerprint density at radius 2 is 2.56 bits per heavy atom. The summed E-state index contributed by atoms with van der Waals surface area (Å²) in [6.07, 6.45) is 0.799. The van der Waals surface area contributed by atoms with E-state index in [0.29, 0.717) is 19.6 Å². The number of nitrogens with one attached hydrogen (secondary N) is 1. The summed E-state index contributed by atoms with van der Waals surface area (Å²) >= 11 is 0. The summed E-state index contributed by atoms with van der Waals surface area (Å²) in [5.74, 6) is 4.85. The second-order valence-corrected chi connectivity index (χ2v) is 3.94. The number of nitrogens with two attached hydrogens (primary N) is 1. The van der Waals surface area contributed by atoms with E-state index in [1.165, 1.54) is 0 Å². The van der Waals surface area contributed by atoms with Gasteiger partial charge in [-0.3, -0.25) is 15.1 Å². The Morgan fingerprint density at radius 1 is 1.81 bits per heavy atom. The molecule has 0 aromatic carbocycles. The molecule has 0 bridgehead atoms. The highest BCUT2D eigenvalue weighted by Crippen LogP contribution is 2.12. The van der Waals surface area contributed by atoms with Crippen molar-refractivity contribution in [2.75, 3.05) is 19.7 Å². The lowest BCUT2D eigenvalue weighted by Gasteiger charge is -2.34. The summed E-state index contributed by atoms with van der Waals surface area (Å²) in [4.78, 5) is 13.2. The summed E-state index contributed by atoms with van der Waals surface area (Å²) < 4.78 is 5.25. The minimum atomic E-state index is -0.348. The van der Waals surface area contributed by atoms with E-state index in [9.17, 15) is 4.79 Å². The molecule has 0 aliphatic carbocycles. The van der Waals surface area contributed by atoms with E-state index in [4.69, 9.17) is 15.8 Å². The highest BCUT2D eigenvalue weighted by Gasteiger charge is 2.23. The quantitative estimate of drug-likeness (QED) is 0.378. The molecule has 0 radical (unpaired) electrons. The Morgan fingerprint density at radius 3 is 3.19 bits per heavy atom. The molecule has 3 N–H and O–H groups in total. The van der Waals surface area contributed by atoms with Crippen molar-refractivity contribution in [3.05, 3.63) is 0 Å². The van der Waals surface area contributed by atoms with Gasteiger partial charge in [0.05, 0.1) is 12.7 Å². The molecule has 6 heteroatoms. The lowest BCUT2D eigenvalue weighted by Crippen LogP contribution is -2.46. The van der Waals surface area contributed by atoms with Crippen molar-refractivity contribution in [2.45, 2.75) is 31.9 Å². The zero-order chi connectivity index (χ0) is 12.0. The molecule has 1 aliphatic heterocycles. The van der Waals surface area contributed by atoms with Crippen LogP contribution < -0.4 is 11.3 Å². The van der Waals surface area contributed by atoms with E-state index in [0.717, 1.165) is 13.0 Å². The van der Waals surface area contributed by atoms with E-state index >= 15 is 0 Å². The van der Waals surface area contributed by atoms with Gasteiger partial charge in [0.2, 0.25) is 5.91 Å². The Balaban J connectivity index is 2.33. The van der Waals surface area contributed by atoms with E-state index in [2.05, 4.69) is 16.4 Å². The number of carbonyl (C=O) groups is 1. The van der Waals surface area contributed by atoms with Gasteiger partial charge in [-0.05, 0) is 13.3 Å². The normalized spacial score (nSPS) is 23.4. The van der Waals surface area contributed by atoms with Gasteiger partial charge < -0.3 is 4.74 Å². The lowest BCUT2D eigenvalue weighted by molar-refractivity contribution is -0.121. The number of hydrogen-bond acceptors (Lipinski definition) is 5. The molecule has 0 aromatic heterocycles. The Hall–Kier alpha value is -1.16. The third kappa shape index (κ3) is 3.77. The molecule has 1 aliphatic rings. The number of hydrazine groups is 1. The fourth-order valence-corrected chi connectivity index (χ4v) is 1.74. The van der Waals surface area contributed by atoms with Gasteiger partial charge in [-0.2, -0.15) is 5.26 Å². The van der Waals surface area contributed by atoms with Crippen LogP contribution in [0.5, 0.6) is 0 Å². The van der Waals surface area contributed by atoms with E-state index in [-0.39, 0.29) is 18.1 Å². The van der Waals surface area contributed by atoms with Crippen LogP contribution in [-0.2, 0) is 9.53 Å². The highest BCUT2D eigenvalue weighted by atomic mass is 16.5. The van der Waals surface area contributed by atoms with Crippen LogP contribution in [-0.4, -0.2) is 42.6 Å². The van der Waals surface area contributed by atoms with Crippen molar-refractivity contribution >= 4 is 5.91 Å². The van der Waals surface area contributed by atoms with Crippen molar-refractivity contribution in [3.8, 4) is 6.07 Å². The Kier molecular flexibility index (Phi) is 5.19. The predicted octanol–water partition coefficient (Wildman–Crippen LogP) is -0.631. The third-order valence-electron chi connectivity index (χ3n) is 2.82. The number of hydrogen-bond donors (Lipinski definition) is 2. The number of nitrogens with zero attached hydrogens (tertiary/aromatic N) is 2. The van der Waals surface area contributed by atoms with Crippen molar-refractivity contribution in [1.82, 2.24) is 10.3 Å². The predicted molar refractivity (Wildman–Crippen MR) is 58.0 cm³/mol. The third-order valence-corrected chi connectivity index (χ3v) is 2.82. The minimum absolute atomic E-state index is 0.156. The van der Waals surface area contributed by atoms with Gasteiger partial charge in [0, 0.05) is 25.6 Å². The summed E-state index contributed by atoms with van der Waals surface area (Å²) in [7, 11) is 0. The van der Waals surface area contributed by atoms with E-state index in [1.54, 1.807) is 0 Å². The van der Waals surface area contributed by atoms with Crippen molar-refractivity contribution < 1.29 is 9.53 Å². The maximum atomic E-state index is 11.0. The smallest absolute Gasteiger partial charge is 0.233 e. The number of morpholine rings is 1. The first kappa shape index (κ1) is 12.9. The molecule has 2 atom stereocenters. The van der Waals surface area contributed by atoms with Gasteiger partial charge in [-0.1, -0.05) is 0 Å². The molecule has 1 saturated heterocycles. The van der Waals surface area contributed by atoms with E-state index < -0.39 is 0 Å². The standard InChI is InChI=1S/C10H18N4O2/c1-8(2-3-10(15)13-12)14-4-5-16-9(6-11)7-14/h8-9H,2-5,7,12H2,1H3,(H,13,15). The highest BCUT2D eigenvalue weighted by molar-refractivity contribution is 5.75. The summed E-state index contributed by atoms with van der Waals surface area (Å²) in [6, 6.07) is 2.36. The molecule has 0 spiro atoms. The second-order valence-electron chi connectivity index (χ2n) is 3.94. The van der Waals surface area contributed by atoms with Crippen LogP contribution in [0.15, 0.2) is 0 Å². The molecule has 16 heavy (non-hydrogen) atoms. The van der Waals surface area contributed by atoms with Gasteiger partial charge in [-0.15, -0.1) is 0 Å². The number of nitriles is 1. The maximum Gasteiger partial charge on any atom is 0.233 e. The number of carbonyl (C=O) groups excluding carboxylic acids is 1. The molecule has 1 fully saturated rings. The molecule has 6 nitrogen and oxygen atoms in total. The van der Waals surface area contributed by atoms with E-state index in [1.807, 2.05) is 6.92 Å². The number of rotatable bonds is 4. The average molecular weight is 226 g/mol. The first-order chi connectivity index (χ1) is 7.67. The monoisotopic (exact) mass is 226 g/mol. The number of amides is 1. The zero-order valence-corrected chi connectivity index (χ0v) is 9.48. The fourth-order valence-electron chi connectivity index (χ4n) is 1.74. The summed E-state index contributed by atoms with van der Waals surface area (Å²) in [5.41, 5.74) is 2.11. The Labute approximate surface area is 95.3 Å². The largest absolute Gasteiger partial charge is 0.361 e. The number of ether oxygens (including phenoxy) is 1. The first-order valence-electron chi connectivity index (χ1n) is 5.42. The molecule has 1 amide bonds. The molecular formula is C10H18N4O2. The first-order valence-corrected chi connectivity index (χ1v) is 5.42. The molecule has 0 saturated carbocycles. The molecular weight excluding hydrogens is 208 g/mol. The topological polar surface area (TPSA) is 91.4 Å². The van der Waals surface area contributed by atoms with Crippen LogP contribution in [0.25, 0.3) is 0 Å². The summed E-state index contributed by atoms with van der Waals surface area (Å²) in [5, 5.41) is 8.76. The lowest BCUT2D eigenvalue weighted by atomic mass is 10.1. The van der Waals surface area contributed by atoms with Crippen molar-refractivity contribution in [1.29, 1.82) is 5.26 Å². The van der Waals surface area contributed by atoms with Gasteiger partial charge in [0.15, 0.2) is 6.10 Å². The van der Waals surface area contributed by atoms with Crippen LogP contribution in [0.3, 0.4) is 0 Å². The molecule has 2 unspecified atom stereocenters. The van der Waals surface area contributed by atoms with Crippen molar-refractivity contribution in [3.63, 3.8) is 0 Å². The van der Waals surface area contributed by atoms with Gasteiger partial charge in [-0.25, -0.2) is 5.84 Å². The zero-order valence-electron chi connectivity index (χ0n) is 9.48. The van der Waals surface area contributed by atoms with Gasteiger partial charge in [0.1, 0.15) is 0 Å². The van der Waals surface area contributed by atoms with Crippen LogP contribution >= 0.6 is 0 Å². The second kappa shape index (κ2) is 6.43. The Bertz CT molecular complexity index is 276. The van der Waals surface area contributed by atoms with Crippen LogP contribution in [0.1, 0.15) is 19.8 Å². The molecule has 1 heterocycles. The maximum absolute atomic E-state index is 11.0.